The highest BCUT2D eigenvalue weighted by Gasteiger charge is 2.26. The number of rotatable bonds is 5. The molecule has 0 aliphatic carbocycles. The van der Waals surface area contributed by atoms with Gasteiger partial charge in [0.15, 0.2) is 5.76 Å². The summed E-state index contributed by atoms with van der Waals surface area (Å²) in [5.74, 6) is -0.177. The first kappa shape index (κ1) is 18.0. The Labute approximate surface area is 142 Å². The van der Waals surface area contributed by atoms with Gasteiger partial charge in [-0.1, -0.05) is 12.1 Å². The molecule has 5 heteroatoms. The number of benzene rings is 1. The summed E-state index contributed by atoms with van der Waals surface area (Å²) in [6.07, 6.45) is 0.164. The minimum Gasteiger partial charge on any atom is -0.469 e. The van der Waals surface area contributed by atoms with E-state index in [2.05, 4.69) is 4.74 Å². The number of hydrogen-bond acceptors (Lipinski definition) is 4. The first-order valence-corrected chi connectivity index (χ1v) is 8.15. The average Bonchev–Trinajstić information content (AvgIpc) is 2.89. The van der Waals surface area contributed by atoms with E-state index in [1.165, 1.54) is 7.11 Å². The average molecular weight is 331 g/mol. The smallest absolute Gasteiger partial charge is 0.307 e. The van der Waals surface area contributed by atoms with Crippen LogP contribution in [-0.4, -0.2) is 36.5 Å². The highest BCUT2D eigenvalue weighted by atomic mass is 16.5. The Morgan fingerprint density at radius 2 is 1.79 bits per heavy atom. The third-order valence-corrected chi connectivity index (χ3v) is 4.35. The first-order chi connectivity index (χ1) is 11.3. The molecule has 2 rings (SSSR count). The summed E-state index contributed by atoms with van der Waals surface area (Å²) >= 11 is 0. The third-order valence-electron chi connectivity index (χ3n) is 4.35. The van der Waals surface area contributed by atoms with Crippen molar-refractivity contribution in [2.24, 2.45) is 0 Å². The van der Waals surface area contributed by atoms with E-state index in [4.69, 9.17) is 4.42 Å². The monoisotopic (exact) mass is 331 g/mol. The van der Waals surface area contributed by atoms with Crippen LogP contribution in [0.3, 0.4) is 0 Å². The van der Waals surface area contributed by atoms with Crippen LogP contribution >= 0.6 is 0 Å². The molecule has 0 saturated heterocycles. The number of hydrogen-bond donors (Lipinski definition) is 0. The van der Waals surface area contributed by atoms with Crippen molar-refractivity contribution >= 4 is 22.8 Å². The minimum absolute atomic E-state index is 0.0445. The number of ether oxygens (including phenoxy) is 1. The van der Waals surface area contributed by atoms with Crippen molar-refractivity contribution in [1.82, 2.24) is 4.90 Å². The van der Waals surface area contributed by atoms with E-state index < -0.39 is 0 Å². The summed E-state index contributed by atoms with van der Waals surface area (Å²) in [6, 6.07) is 3.98. The fourth-order valence-electron chi connectivity index (χ4n) is 2.92. The van der Waals surface area contributed by atoms with Gasteiger partial charge in [-0.3, -0.25) is 9.59 Å². The van der Waals surface area contributed by atoms with Gasteiger partial charge >= 0.3 is 5.97 Å². The molecular formula is C19H25NO4. The summed E-state index contributed by atoms with van der Waals surface area (Å²) in [4.78, 5) is 26.0. The van der Waals surface area contributed by atoms with Crippen LogP contribution in [0.4, 0.5) is 0 Å². The molecule has 0 radical (unpaired) electrons. The SMILES string of the molecule is COC(=O)CCN(C(=O)c1oc2c(C)ccc(C)c2c1C)C(C)C. The summed E-state index contributed by atoms with van der Waals surface area (Å²) in [6.45, 7) is 10.0. The van der Waals surface area contributed by atoms with E-state index in [9.17, 15) is 9.59 Å². The third kappa shape index (κ3) is 3.30. The maximum absolute atomic E-state index is 13.0. The molecular weight excluding hydrogens is 306 g/mol. The highest BCUT2D eigenvalue weighted by Crippen LogP contribution is 2.31. The van der Waals surface area contributed by atoms with Crippen molar-refractivity contribution < 1.29 is 18.7 Å². The molecule has 0 atom stereocenters. The van der Waals surface area contributed by atoms with Crippen molar-refractivity contribution in [2.75, 3.05) is 13.7 Å². The van der Waals surface area contributed by atoms with Crippen LogP contribution in [0.1, 0.15) is 47.5 Å². The van der Waals surface area contributed by atoms with E-state index in [1.54, 1.807) is 4.90 Å². The lowest BCUT2D eigenvalue weighted by Gasteiger charge is -2.25. The van der Waals surface area contributed by atoms with Gasteiger partial charge in [0, 0.05) is 23.5 Å². The van der Waals surface area contributed by atoms with Crippen LogP contribution < -0.4 is 0 Å². The predicted molar refractivity (Wildman–Crippen MR) is 93.2 cm³/mol. The summed E-state index contributed by atoms with van der Waals surface area (Å²) < 4.78 is 10.6. The molecule has 1 amide bonds. The fourth-order valence-corrected chi connectivity index (χ4v) is 2.92. The van der Waals surface area contributed by atoms with Gasteiger partial charge in [0.05, 0.1) is 13.5 Å². The Hall–Kier alpha value is -2.30. The van der Waals surface area contributed by atoms with Crippen LogP contribution in [0.15, 0.2) is 16.5 Å². The molecule has 0 unspecified atom stereocenters. The van der Waals surface area contributed by atoms with E-state index in [-0.39, 0.29) is 24.3 Å². The molecule has 1 aromatic heterocycles. The topological polar surface area (TPSA) is 59.8 Å². The second-order valence-electron chi connectivity index (χ2n) is 6.38. The Balaban J connectivity index is 2.41. The highest BCUT2D eigenvalue weighted by molar-refractivity contribution is 6.00. The Morgan fingerprint density at radius 1 is 1.17 bits per heavy atom. The Kier molecular flexibility index (Phi) is 5.32. The molecule has 0 aliphatic rings. The van der Waals surface area contributed by atoms with E-state index in [0.29, 0.717) is 12.3 Å². The number of esters is 1. The van der Waals surface area contributed by atoms with Crippen molar-refractivity contribution in [1.29, 1.82) is 0 Å². The Bertz CT molecular complexity index is 773. The normalized spacial score (nSPS) is 11.1. The molecule has 2 aromatic rings. The fraction of sp³-hybridized carbons (Fsp3) is 0.474. The van der Waals surface area contributed by atoms with Gasteiger partial charge < -0.3 is 14.1 Å². The molecule has 1 heterocycles. The lowest BCUT2D eigenvalue weighted by atomic mass is 10.0. The van der Waals surface area contributed by atoms with E-state index in [1.807, 2.05) is 46.8 Å². The van der Waals surface area contributed by atoms with Gasteiger partial charge in [0.1, 0.15) is 5.58 Å². The number of carbonyl (C=O) groups excluding carboxylic acids is 2. The zero-order chi connectivity index (χ0) is 18.0. The van der Waals surface area contributed by atoms with Crippen LogP contribution in [0.5, 0.6) is 0 Å². The van der Waals surface area contributed by atoms with E-state index >= 15 is 0 Å². The molecule has 1 aromatic carbocycles. The maximum atomic E-state index is 13.0. The molecule has 0 N–H and O–H groups in total. The maximum Gasteiger partial charge on any atom is 0.307 e. The van der Waals surface area contributed by atoms with Crippen molar-refractivity contribution in [3.05, 3.63) is 34.6 Å². The second-order valence-corrected chi connectivity index (χ2v) is 6.38. The predicted octanol–water partition coefficient (Wildman–Crippen LogP) is 3.77. The number of fused-ring (bicyclic) bond motifs is 1. The Morgan fingerprint density at radius 3 is 2.33 bits per heavy atom. The molecule has 0 spiro atoms. The molecule has 0 aliphatic heterocycles. The largest absolute Gasteiger partial charge is 0.469 e. The second kappa shape index (κ2) is 7.07. The summed E-state index contributed by atoms with van der Waals surface area (Å²) in [5.41, 5.74) is 3.69. The number of aryl methyl sites for hydroxylation is 3. The first-order valence-electron chi connectivity index (χ1n) is 8.15. The van der Waals surface area contributed by atoms with Gasteiger partial charge in [-0.25, -0.2) is 0 Å². The molecule has 0 saturated carbocycles. The van der Waals surface area contributed by atoms with Gasteiger partial charge in [-0.2, -0.15) is 0 Å². The zero-order valence-corrected chi connectivity index (χ0v) is 15.2. The molecule has 0 bridgehead atoms. The van der Waals surface area contributed by atoms with Crippen molar-refractivity contribution in [2.45, 2.75) is 47.1 Å². The summed E-state index contributed by atoms with van der Waals surface area (Å²) in [7, 11) is 1.35. The summed E-state index contributed by atoms with van der Waals surface area (Å²) in [5, 5.41) is 0.995. The van der Waals surface area contributed by atoms with Crippen LogP contribution in [0, 0.1) is 20.8 Å². The molecule has 0 fully saturated rings. The van der Waals surface area contributed by atoms with Gasteiger partial charge in [-0.05, 0) is 45.7 Å². The number of amides is 1. The van der Waals surface area contributed by atoms with Gasteiger partial charge in [0.25, 0.3) is 5.91 Å². The van der Waals surface area contributed by atoms with Gasteiger partial charge in [0.2, 0.25) is 0 Å². The number of furan rings is 1. The number of nitrogens with zero attached hydrogens (tertiary/aromatic N) is 1. The quantitative estimate of drug-likeness (QED) is 0.783. The standard InChI is InChI=1S/C19H25NO4/c1-11(2)20(10-9-15(21)23-6)19(22)18-14(5)16-12(3)7-8-13(4)17(16)24-18/h7-8,11H,9-10H2,1-6H3. The number of carbonyl (C=O) groups is 2. The zero-order valence-electron chi connectivity index (χ0n) is 15.2. The number of methoxy groups -OCH3 is 1. The van der Waals surface area contributed by atoms with Crippen LogP contribution in [-0.2, 0) is 9.53 Å². The van der Waals surface area contributed by atoms with Crippen molar-refractivity contribution in [3.63, 3.8) is 0 Å². The molecule has 24 heavy (non-hydrogen) atoms. The van der Waals surface area contributed by atoms with Crippen LogP contribution in [0.2, 0.25) is 0 Å². The minimum atomic E-state index is -0.332. The lowest BCUT2D eigenvalue weighted by molar-refractivity contribution is -0.140. The van der Waals surface area contributed by atoms with Crippen molar-refractivity contribution in [3.8, 4) is 0 Å². The molecule has 130 valence electrons. The molecule has 5 nitrogen and oxygen atoms in total. The van der Waals surface area contributed by atoms with Gasteiger partial charge in [-0.15, -0.1) is 0 Å². The van der Waals surface area contributed by atoms with E-state index in [0.717, 1.165) is 27.7 Å². The lowest BCUT2D eigenvalue weighted by Crippen LogP contribution is -2.38. The van der Waals surface area contributed by atoms with Crippen LogP contribution in [0.25, 0.3) is 11.0 Å².